The van der Waals surface area contributed by atoms with E-state index in [1.54, 1.807) is 12.2 Å². The Labute approximate surface area is 177 Å². The monoisotopic (exact) mass is 418 g/mol. The molecule has 4 rings (SSSR count). The molecule has 3 saturated carbocycles. The lowest BCUT2D eigenvalue weighted by molar-refractivity contribution is -0.196. The van der Waals surface area contributed by atoms with Crippen molar-refractivity contribution in [2.24, 2.45) is 40.4 Å². The zero-order valence-electron chi connectivity index (χ0n) is 18.2. The third-order valence-corrected chi connectivity index (χ3v) is 8.77. The number of ketones is 2. The minimum absolute atomic E-state index is 0.00907. The van der Waals surface area contributed by atoms with E-state index in [0.29, 0.717) is 6.42 Å². The van der Waals surface area contributed by atoms with Crippen LogP contribution in [0.2, 0.25) is 0 Å². The van der Waals surface area contributed by atoms with E-state index >= 15 is 0 Å². The zero-order chi connectivity index (χ0) is 21.8. The highest BCUT2D eigenvalue weighted by molar-refractivity contribution is 6.01. The van der Waals surface area contributed by atoms with Crippen molar-refractivity contribution >= 4 is 17.5 Å². The summed E-state index contributed by atoms with van der Waals surface area (Å²) >= 11 is 0. The van der Waals surface area contributed by atoms with Gasteiger partial charge in [0, 0.05) is 18.3 Å². The zero-order valence-corrected chi connectivity index (χ0v) is 18.2. The molecule has 2 unspecified atom stereocenters. The van der Waals surface area contributed by atoms with Gasteiger partial charge in [0.1, 0.15) is 12.7 Å². The van der Waals surface area contributed by atoms with E-state index in [0.717, 1.165) is 24.8 Å². The highest BCUT2D eigenvalue weighted by atomic mass is 19.3. The molecule has 0 aromatic carbocycles. The van der Waals surface area contributed by atoms with Gasteiger partial charge in [-0.05, 0) is 77.0 Å². The summed E-state index contributed by atoms with van der Waals surface area (Å²) in [4.78, 5) is 40.6. The van der Waals surface area contributed by atoms with Crippen molar-refractivity contribution in [2.45, 2.75) is 59.5 Å². The van der Waals surface area contributed by atoms with Gasteiger partial charge in [-0.3, -0.25) is 14.4 Å². The van der Waals surface area contributed by atoms with Crippen molar-refractivity contribution < 1.29 is 28.6 Å². The average Bonchev–Trinajstić information content (AvgIpc) is 2.96. The predicted molar refractivity (Wildman–Crippen MR) is 108 cm³/mol. The molecule has 30 heavy (non-hydrogen) atoms. The van der Waals surface area contributed by atoms with Crippen LogP contribution < -0.4 is 0 Å². The molecule has 3 fully saturated rings. The Bertz CT molecular complexity index is 831. The molecule has 4 aliphatic rings. The van der Waals surface area contributed by atoms with Crippen molar-refractivity contribution in [1.29, 1.82) is 0 Å². The van der Waals surface area contributed by atoms with E-state index in [9.17, 15) is 18.9 Å². The summed E-state index contributed by atoms with van der Waals surface area (Å²) in [5.74, 6) is 0.200. The molecule has 0 aromatic heterocycles. The second-order valence-corrected chi connectivity index (χ2v) is 10.3. The van der Waals surface area contributed by atoms with Crippen LogP contribution in [-0.2, 0) is 24.1 Å². The van der Waals surface area contributed by atoms with Crippen LogP contribution >= 0.6 is 0 Å². The molecule has 8 atom stereocenters. The first-order valence-electron chi connectivity index (χ1n) is 11.0. The first-order valence-corrected chi connectivity index (χ1v) is 11.0. The minimum atomic E-state index is -0.724. The van der Waals surface area contributed by atoms with Crippen molar-refractivity contribution in [2.75, 3.05) is 6.61 Å². The Morgan fingerprint density at radius 2 is 1.97 bits per heavy atom. The van der Waals surface area contributed by atoms with Gasteiger partial charge in [-0.1, -0.05) is 26.8 Å². The highest BCUT2D eigenvalue weighted by Gasteiger charge is 2.63. The van der Waals surface area contributed by atoms with Crippen LogP contribution in [0, 0.1) is 40.4 Å². The third-order valence-electron chi connectivity index (χ3n) is 8.77. The van der Waals surface area contributed by atoms with E-state index in [2.05, 4.69) is 25.7 Å². The summed E-state index contributed by atoms with van der Waals surface area (Å²) in [6.07, 6.45) is 7.59. The lowest BCUT2D eigenvalue weighted by Crippen LogP contribution is -2.53. The SMILES string of the molecule is CC(=O)OCC(=O)[C@H]1C(C)C[C@H]2[C@@H]3CC(OF)C4=CC(=O)C=C[C@]4(C)[C@H]3CC[C@]12C. The molecule has 0 radical (unpaired) electrons. The number of esters is 1. The van der Waals surface area contributed by atoms with E-state index < -0.39 is 17.5 Å². The summed E-state index contributed by atoms with van der Waals surface area (Å²) in [6.45, 7) is 7.52. The van der Waals surface area contributed by atoms with Gasteiger partial charge >= 0.3 is 5.97 Å². The number of hydrogen-bond acceptors (Lipinski definition) is 5. The number of hydrogen-bond donors (Lipinski definition) is 0. The number of ether oxygens (including phenoxy) is 1. The Morgan fingerprint density at radius 3 is 2.63 bits per heavy atom. The Hall–Kier alpha value is -1.82. The van der Waals surface area contributed by atoms with Gasteiger partial charge in [0.2, 0.25) is 0 Å². The maximum Gasteiger partial charge on any atom is 0.303 e. The number of carbonyl (C=O) groups excluding carboxylic acids is 3. The second-order valence-electron chi connectivity index (χ2n) is 10.3. The van der Waals surface area contributed by atoms with Crippen LogP contribution in [0.25, 0.3) is 0 Å². The van der Waals surface area contributed by atoms with Crippen molar-refractivity contribution in [3.05, 3.63) is 23.8 Å². The Morgan fingerprint density at radius 1 is 1.23 bits per heavy atom. The van der Waals surface area contributed by atoms with Gasteiger partial charge < -0.3 is 4.74 Å². The smallest absolute Gasteiger partial charge is 0.303 e. The van der Waals surface area contributed by atoms with Gasteiger partial charge in [-0.2, -0.15) is 4.94 Å². The summed E-state index contributed by atoms with van der Waals surface area (Å²) in [5.41, 5.74) is 0.138. The molecule has 164 valence electrons. The molecule has 4 aliphatic carbocycles. The van der Waals surface area contributed by atoms with E-state index in [4.69, 9.17) is 4.74 Å². The molecule has 0 heterocycles. The highest BCUT2D eigenvalue weighted by Crippen LogP contribution is 2.67. The molecule has 0 saturated heterocycles. The minimum Gasteiger partial charge on any atom is -0.458 e. The van der Waals surface area contributed by atoms with Crippen molar-refractivity contribution in [1.82, 2.24) is 0 Å². The molecule has 0 aliphatic heterocycles. The molecule has 0 bridgehead atoms. The Kier molecular flexibility index (Phi) is 5.28. The topological polar surface area (TPSA) is 69.7 Å². The quantitative estimate of drug-likeness (QED) is 0.641. The third kappa shape index (κ3) is 3.10. The van der Waals surface area contributed by atoms with Gasteiger partial charge in [-0.25, -0.2) is 0 Å². The largest absolute Gasteiger partial charge is 0.458 e. The van der Waals surface area contributed by atoms with Crippen molar-refractivity contribution in [3.8, 4) is 0 Å². The lowest BCUT2D eigenvalue weighted by atomic mass is 9.47. The van der Waals surface area contributed by atoms with Crippen LogP contribution in [0.1, 0.15) is 53.4 Å². The first kappa shape index (κ1) is 21.4. The lowest BCUT2D eigenvalue weighted by Gasteiger charge is -2.57. The van der Waals surface area contributed by atoms with Gasteiger partial charge in [0.05, 0.1) is 0 Å². The second kappa shape index (κ2) is 7.40. The maximum atomic E-state index is 13.6. The molecule has 5 nitrogen and oxygen atoms in total. The van der Waals surface area contributed by atoms with Crippen LogP contribution in [0.15, 0.2) is 23.8 Å². The van der Waals surface area contributed by atoms with Gasteiger partial charge in [-0.15, -0.1) is 0 Å². The van der Waals surface area contributed by atoms with Gasteiger partial charge in [0.15, 0.2) is 11.6 Å². The van der Waals surface area contributed by atoms with E-state index in [-0.39, 0.29) is 53.2 Å². The summed E-state index contributed by atoms with van der Waals surface area (Å²) in [5, 5.41) is 0. The number of halogens is 1. The summed E-state index contributed by atoms with van der Waals surface area (Å²) in [6, 6.07) is 0. The summed E-state index contributed by atoms with van der Waals surface area (Å²) < 4.78 is 18.6. The molecule has 0 aromatic rings. The van der Waals surface area contributed by atoms with Crippen LogP contribution in [0.5, 0.6) is 0 Å². The molecular weight excluding hydrogens is 387 g/mol. The van der Waals surface area contributed by atoms with Crippen molar-refractivity contribution in [3.63, 3.8) is 0 Å². The number of rotatable bonds is 4. The fourth-order valence-corrected chi connectivity index (χ4v) is 7.62. The van der Waals surface area contributed by atoms with E-state index in [1.165, 1.54) is 6.92 Å². The fraction of sp³-hybridized carbons (Fsp3) is 0.708. The number of fused-ring (bicyclic) bond motifs is 5. The van der Waals surface area contributed by atoms with Crippen LogP contribution in [0.4, 0.5) is 4.53 Å². The average molecular weight is 419 g/mol. The Balaban J connectivity index is 1.65. The molecule has 0 spiro atoms. The normalized spacial score (nSPS) is 44.6. The van der Waals surface area contributed by atoms with Gasteiger partial charge in [0.25, 0.3) is 0 Å². The molecule has 0 amide bonds. The number of carbonyl (C=O) groups is 3. The maximum absolute atomic E-state index is 13.6. The molecule has 6 heteroatoms. The predicted octanol–water partition coefficient (Wildman–Crippen LogP) is 4.17. The summed E-state index contributed by atoms with van der Waals surface area (Å²) in [7, 11) is 0. The number of Topliss-reactive ketones (excluding diaryl/α,β-unsaturated/α-hetero) is 1. The first-order chi connectivity index (χ1) is 14.1. The van der Waals surface area contributed by atoms with E-state index in [1.807, 2.05) is 6.08 Å². The molecular formula is C24H31FO5. The number of allylic oxidation sites excluding steroid dienone is 3. The molecule has 0 N–H and O–H groups in total. The standard InChI is InChI=1S/C24H31FO5/c1-13-9-18-16-11-21(30-25)19-10-15(27)5-7-23(19,3)17(16)6-8-24(18,4)22(13)20(28)12-29-14(2)26/h5,7,10,13,16-18,21-22H,6,8-9,11-12H2,1-4H3/t13?,16-,17+,18+,21?,22-,23-,24+/m1/s1. The fourth-order valence-electron chi connectivity index (χ4n) is 7.62. The van der Waals surface area contributed by atoms with Crippen LogP contribution in [-0.4, -0.2) is 30.2 Å². The van der Waals surface area contributed by atoms with Crippen LogP contribution in [0.3, 0.4) is 0 Å².